The molecule has 2 aromatic rings. The fraction of sp³-hybridized carbons (Fsp3) is 0.500. The third-order valence-corrected chi connectivity index (χ3v) is 7.09. The van der Waals surface area contributed by atoms with Crippen molar-refractivity contribution in [3.8, 4) is 0 Å². The second-order valence-electron chi connectivity index (χ2n) is 6.84. The summed E-state index contributed by atoms with van der Waals surface area (Å²) in [6.45, 7) is 6.88. The van der Waals surface area contributed by atoms with Crippen LogP contribution in [0.1, 0.15) is 36.7 Å². The van der Waals surface area contributed by atoms with Crippen LogP contribution < -0.4 is 0 Å². The highest BCUT2D eigenvalue weighted by molar-refractivity contribution is 7.89. The molecule has 7 heteroatoms. The molecule has 3 rings (SSSR count). The van der Waals surface area contributed by atoms with Crippen molar-refractivity contribution in [1.29, 1.82) is 0 Å². The average molecular weight is 365 g/mol. The van der Waals surface area contributed by atoms with Crippen LogP contribution in [-0.4, -0.2) is 35.6 Å². The second kappa shape index (κ2) is 6.88. The van der Waals surface area contributed by atoms with Crippen LogP contribution in [0.25, 0.3) is 0 Å². The van der Waals surface area contributed by atoms with Gasteiger partial charge in [0.1, 0.15) is 10.7 Å². The third kappa shape index (κ3) is 3.48. The largest absolute Gasteiger partial charge is 0.264 e. The SMILES string of the molecule is Cc1nn(Cc2ccccc2F)c(C)c1S(=O)(=O)N1CCC(C)CC1. The Morgan fingerprint density at radius 3 is 2.48 bits per heavy atom. The van der Waals surface area contributed by atoms with E-state index in [0.717, 1.165) is 12.8 Å². The summed E-state index contributed by atoms with van der Waals surface area (Å²) in [7, 11) is -3.57. The summed E-state index contributed by atoms with van der Waals surface area (Å²) in [4.78, 5) is 0.262. The minimum absolute atomic E-state index is 0.214. The molecule has 1 aliphatic rings. The van der Waals surface area contributed by atoms with Crippen LogP contribution in [0.4, 0.5) is 4.39 Å². The lowest BCUT2D eigenvalue weighted by molar-refractivity contribution is 0.288. The number of hydrogen-bond acceptors (Lipinski definition) is 3. The zero-order chi connectivity index (χ0) is 18.2. The van der Waals surface area contributed by atoms with Crippen molar-refractivity contribution in [2.45, 2.75) is 45.1 Å². The topological polar surface area (TPSA) is 55.2 Å². The Hall–Kier alpha value is -1.73. The molecule has 1 fully saturated rings. The molecule has 2 heterocycles. The van der Waals surface area contributed by atoms with Gasteiger partial charge < -0.3 is 0 Å². The highest BCUT2D eigenvalue weighted by Crippen LogP contribution is 2.28. The van der Waals surface area contributed by atoms with E-state index in [1.807, 2.05) is 0 Å². The van der Waals surface area contributed by atoms with Crippen molar-refractivity contribution in [1.82, 2.24) is 14.1 Å². The third-order valence-electron chi connectivity index (χ3n) is 4.93. The fourth-order valence-corrected chi connectivity index (χ4v) is 5.19. The van der Waals surface area contributed by atoms with E-state index in [0.29, 0.717) is 36.0 Å². The number of piperidine rings is 1. The van der Waals surface area contributed by atoms with Crippen molar-refractivity contribution in [2.24, 2.45) is 5.92 Å². The highest BCUT2D eigenvalue weighted by Gasteiger charge is 2.33. The summed E-state index contributed by atoms with van der Waals surface area (Å²) in [5, 5.41) is 4.37. The highest BCUT2D eigenvalue weighted by atomic mass is 32.2. The summed E-state index contributed by atoms with van der Waals surface area (Å²) in [6, 6.07) is 6.48. The average Bonchev–Trinajstić information content (AvgIpc) is 2.84. The van der Waals surface area contributed by atoms with Crippen LogP contribution in [0, 0.1) is 25.6 Å². The first-order valence-electron chi connectivity index (χ1n) is 8.58. The van der Waals surface area contributed by atoms with E-state index in [4.69, 9.17) is 0 Å². The summed E-state index contributed by atoms with van der Waals surface area (Å²) < 4.78 is 43.2. The number of sulfonamides is 1. The summed E-state index contributed by atoms with van der Waals surface area (Å²) >= 11 is 0. The van der Waals surface area contributed by atoms with E-state index >= 15 is 0 Å². The molecule has 0 amide bonds. The van der Waals surface area contributed by atoms with Crippen LogP contribution in [0.2, 0.25) is 0 Å². The Morgan fingerprint density at radius 1 is 1.20 bits per heavy atom. The quantitative estimate of drug-likeness (QED) is 0.837. The number of hydrogen-bond donors (Lipinski definition) is 0. The molecule has 0 bridgehead atoms. The van der Waals surface area contributed by atoms with Crippen LogP contribution in [0.15, 0.2) is 29.2 Å². The molecular weight excluding hydrogens is 341 g/mol. The van der Waals surface area contributed by atoms with Gasteiger partial charge in [0, 0.05) is 18.7 Å². The Morgan fingerprint density at radius 2 is 1.84 bits per heavy atom. The zero-order valence-electron chi connectivity index (χ0n) is 14.9. The number of rotatable bonds is 4. The van der Waals surface area contributed by atoms with Gasteiger partial charge in [-0.25, -0.2) is 12.8 Å². The Kier molecular flexibility index (Phi) is 4.97. The first kappa shape index (κ1) is 18.1. The summed E-state index contributed by atoms with van der Waals surface area (Å²) in [5.74, 6) is 0.238. The molecular formula is C18H24FN3O2S. The first-order valence-corrected chi connectivity index (χ1v) is 10.0. The molecule has 5 nitrogen and oxygen atoms in total. The second-order valence-corrected chi connectivity index (χ2v) is 8.71. The van der Waals surface area contributed by atoms with Gasteiger partial charge in [-0.1, -0.05) is 25.1 Å². The maximum atomic E-state index is 13.9. The molecule has 1 aromatic heterocycles. The van der Waals surface area contributed by atoms with E-state index in [2.05, 4.69) is 12.0 Å². The molecule has 1 saturated heterocycles. The molecule has 25 heavy (non-hydrogen) atoms. The smallest absolute Gasteiger partial charge is 0.246 e. The van der Waals surface area contributed by atoms with Crippen LogP contribution in [0.3, 0.4) is 0 Å². The predicted molar refractivity (Wildman–Crippen MR) is 94.4 cm³/mol. The van der Waals surface area contributed by atoms with Crippen LogP contribution in [0.5, 0.6) is 0 Å². The van der Waals surface area contributed by atoms with Crippen molar-refractivity contribution >= 4 is 10.0 Å². The number of halogens is 1. The van der Waals surface area contributed by atoms with Gasteiger partial charge >= 0.3 is 0 Å². The fourth-order valence-electron chi connectivity index (χ4n) is 3.35. The first-order chi connectivity index (χ1) is 11.8. The zero-order valence-corrected chi connectivity index (χ0v) is 15.7. The number of aryl methyl sites for hydroxylation is 1. The van der Waals surface area contributed by atoms with Gasteiger partial charge in [0.15, 0.2) is 0 Å². The molecule has 0 unspecified atom stereocenters. The minimum Gasteiger partial charge on any atom is -0.264 e. The van der Waals surface area contributed by atoms with Crippen LogP contribution in [-0.2, 0) is 16.6 Å². The number of nitrogens with zero attached hydrogens (tertiary/aromatic N) is 3. The normalized spacial score (nSPS) is 17.1. The lowest BCUT2D eigenvalue weighted by Crippen LogP contribution is -2.38. The minimum atomic E-state index is -3.57. The lowest BCUT2D eigenvalue weighted by Gasteiger charge is -2.29. The molecule has 0 radical (unpaired) electrons. The van der Waals surface area contributed by atoms with Crippen LogP contribution >= 0.6 is 0 Å². The van der Waals surface area contributed by atoms with Gasteiger partial charge in [0.25, 0.3) is 0 Å². The molecule has 0 saturated carbocycles. The van der Waals surface area contributed by atoms with E-state index < -0.39 is 10.0 Å². The molecule has 0 atom stereocenters. The lowest BCUT2D eigenvalue weighted by atomic mass is 10.0. The monoisotopic (exact) mass is 365 g/mol. The maximum Gasteiger partial charge on any atom is 0.246 e. The Labute approximate surface area is 148 Å². The molecule has 1 aliphatic heterocycles. The van der Waals surface area contributed by atoms with E-state index in [1.165, 1.54) is 6.07 Å². The van der Waals surface area contributed by atoms with E-state index in [1.54, 1.807) is 41.0 Å². The van der Waals surface area contributed by atoms with E-state index in [-0.39, 0.29) is 17.3 Å². The standard InChI is InChI=1S/C18H24FN3O2S/c1-13-8-10-21(11-9-13)25(23,24)18-14(2)20-22(15(18)3)12-16-6-4-5-7-17(16)19/h4-7,13H,8-12H2,1-3H3. The summed E-state index contributed by atoms with van der Waals surface area (Å²) in [5.41, 5.74) is 1.51. The maximum absolute atomic E-state index is 13.9. The summed E-state index contributed by atoms with van der Waals surface area (Å²) in [6.07, 6.45) is 1.75. The number of benzene rings is 1. The van der Waals surface area contributed by atoms with Gasteiger partial charge in [-0.2, -0.15) is 9.40 Å². The molecule has 0 spiro atoms. The molecule has 0 N–H and O–H groups in total. The number of aromatic nitrogens is 2. The van der Waals surface area contributed by atoms with Gasteiger partial charge in [0.05, 0.1) is 17.9 Å². The Balaban J connectivity index is 1.93. The van der Waals surface area contributed by atoms with Gasteiger partial charge in [-0.15, -0.1) is 0 Å². The predicted octanol–water partition coefficient (Wildman–Crippen LogP) is 3.11. The van der Waals surface area contributed by atoms with Gasteiger partial charge in [0.2, 0.25) is 10.0 Å². The van der Waals surface area contributed by atoms with Crippen molar-refractivity contribution in [3.05, 3.63) is 47.0 Å². The van der Waals surface area contributed by atoms with Crippen molar-refractivity contribution < 1.29 is 12.8 Å². The Bertz CT molecular complexity index is 868. The molecule has 1 aromatic carbocycles. The van der Waals surface area contributed by atoms with E-state index in [9.17, 15) is 12.8 Å². The van der Waals surface area contributed by atoms with Crippen molar-refractivity contribution in [2.75, 3.05) is 13.1 Å². The van der Waals surface area contributed by atoms with Gasteiger partial charge in [-0.3, -0.25) is 4.68 Å². The molecule has 0 aliphatic carbocycles. The van der Waals surface area contributed by atoms with Crippen molar-refractivity contribution in [3.63, 3.8) is 0 Å². The molecule has 136 valence electrons. The van der Waals surface area contributed by atoms with Gasteiger partial charge in [-0.05, 0) is 38.7 Å².